The number of allylic oxidation sites excluding steroid dienone is 2. The molecule has 200 valence electrons. The second-order valence-electron chi connectivity index (χ2n) is 10.7. The van der Waals surface area contributed by atoms with Gasteiger partial charge in [0, 0.05) is 33.6 Å². The lowest BCUT2D eigenvalue weighted by Crippen LogP contribution is -2.07. The van der Waals surface area contributed by atoms with Crippen LogP contribution in [0.1, 0.15) is 73.5 Å². The molecular formula is C32H33N3O3S. The lowest BCUT2D eigenvalue weighted by atomic mass is 9.81. The number of aromatic carboxylic acids is 1. The maximum Gasteiger partial charge on any atom is 0.335 e. The SMILES string of the molecule is C=C(C)S/C(=C(/C)N)c1ccc2cc3c(cc2n1)OCCn1c-3c(C2CCCCC2)c2ccc(C(=O)O)cc21. The van der Waals surface area contributed by atoms with Crippen molar-refractivity contribution < 1.29 is 14.6 Å². The third kappa shape index (κ3) is 4.59. The van der Waals surface area contributed by atoms with E-state index in [0.717, 1.165) is 67.2 Å². The number of carboxylic acid groups (broad SMARTS) is 1. The summed E-state index contributed by atoms with van der Waals surface area (Å²) in [6.07, 6.45) is 6.01. The van der Waals surface area contributed by atoms with Crippen LogP contribution in [0, 0.1) is 0 Å². The van der Waals surface area contributed by atoms with Crippen molar-refractivity contribution in [3.63, 3.8) is 0 Å². The van der Waals surface area contributed by atoms with E-state index < -0.39 is 5.97 Å². The van der Waals surface area contributed by atoms with Gasteiger partial charge < -0.3 is 20.1 Å². The number of carboxylic acids is 1. The van der Waals surface area contributed by atoms with Crippen LogP contribution >= 0.6 is 11.8 Å². The molecule has 0 saturated heterocycles. The summed E-state index contributed by atoms with van der Waals surface area (Å²) in [5.74, 6) is 0.345. The molecule has 1 aliphatic carbocycles. The molecule has 0 unspecified atom stereocenters. The quantitative estimate of drug-likeness (QED) is 0.268. The van der Waals surface area contributed by atoms with Crippen LogP contribution in [0.25, 0.3) is 38.0 Å². The van der Waals surface area contributed by atoms with Crippen molar-refractivity contribution in [3.05, 3.63) is 76.5 Å². The summed E-state index contributed by atoms with van der Waals surface area (Å²) in [6.45, 7) is 9.02. The zero-order valence-electron chi connectivity index (χ0n) is 22.4. The molecule has 0 atom stereocenters. The third-order valence-corrected chi connectivity index (χ3v) is 8.93. The Morgan fingerprint density at radius 3 is 2.64 bits per heavy atom. The number of thioether (sulfide) groups is 1. The van der Waals surface area contributed by atoms with Crippen LogP contribution in [-0.2, 0) is 6.54 Å². The molecule has 1 saturated carbocycles. The van der Waals surface area contributed by atoms with Crippen LogP contribution in [0.2, 0.25) is 0 Å². The number of pyridine rings is 1. The molecule has 2 aliphatic rings. The van der Waals surface area contributed by atoms with E-state index in [2.05, 4.69) is 23.3 Å². The molecule has 7 heteroatoms. The van der Waals surface area contributed by atoms with Gasteiger partial charge in [0.2, 0.25) is 0 Å². The second-order valence-corrected chi connectivity index (χ2v) is 12.0. The van der Waals surface area contributed by atoms with E-state index in [4.69, 9.17) is 15.5 Å². The highest BCUT2D eigenvalue weighted by atomic mass is 32.2. The molecule has 3 N–H and O–H groups in total. The summed E-state index contributed by atoms with van der Waals surface area (Å²) in [5, 5.41) is 11.9. The number of hydrogen-bond acceptors (Lipinski definition) is 5. The van der Waals surface area contributed by atoms with E-state index in [1.165, 1.54) is 36.6 Å². The Balaban J connectivity index is 1.58. The Labute approximate surface area is 232 Å². The van der Waals surface area contributed by atoms with Gasteiger partial charge in [-0.15, -0.1) is 0 Å². The van der Waals surface area contributed by atoms with Crippen LogP contribution in [0.5, 0.6) is 5.75 Å². The highest BCUT2D eigenvalue weighted by molar-refractivity contribution is 8.11. The van der Waals surface area contributed by atoms with Gasteiger partial charge in [-0.05, 0) is 67.3 Å². The van der Waals surface area contributed by atoms with Gasteiger partial charge in [0.05, 0.1) is 33.9 Å². The van der Waals surface area contributed by atoms with Gasteiger partial charge in [-0.25, -0.2) is 9.78 Å². The van der Waals surface area contributed by atoms with Crippen LogP contribution in [-0.4, -0.2) is 27.2 Å². The smallest absolute Gasteiger partial charge is 0.335 e. The summed E-state index contributed by atoms with van der Waals surface area (Å²) >= 11 is 1.54. The van der Waals surface area contributed by atoms with E-state index in [1.807, 2.05) is 38.1 Å². The number of fused-ring (bicyclic) bond motifs is 6. The molecule has 0 amide bonds. The number of benzene rings is 2. The number of hydrogen-bond donors (Lipinski definition) is 2. The van der Waals surface area contributed by atoms with Crippen molar-refractivity contribution in [1.82, 2.24) is 9.55 Å². The molecule has 1 aliphatic heterocycles. The van der Waals surface area contributed by atoms with E-state index in [1.54, 1.807) is 6.07 Å². The zero-order chi connectivity index (χ0) is 27.3. The maximum atomic E-state index is 11.9. The van der Waals surface area contributed by atoms with Gasteiger partial charge in [-0.2, -0.15) is 0 Å². The van der Waals surface area contributed by atoms with E-state index in [-0.39, 0.29) is 0 Å². The molecule has 0 spiro atoms. The monoisotopic (exact) mass is 539 g/mol. The zero-order valence-corrected chi connectivity index (χ0v) is 23.2. The van der Waals surface area contributed by atoms with Crippen molar-refractivity contribution >= 4 is 44.4 Å². The minimum absolute atomic E-state index is 0.310. The average Bonchev–Trinajstić information content (AvgIpc) is 3.13. The fourth-order valence-electron chi connectivity index (χ4n) is 6.18. The largest absolute Gasteiger partial charge is 0.491 e. The first-order valence-electron chi connectivity index (χ1n) is 13.6. The number of carbonyl (C=O) groups is 1. The molecule has 0 bridgehead atoms. The number of aromatic nitrogens is 2. The Morgan fingerprint density at radius 1 is 1.13 bits per heavy atom. The van der Waals surface area contributed by atoms with Gasteiger partial charge in [0.1, 0.15) is 12.4 Å². The van der Waals surface area contributed by atoms with Gasteiger partial charge in [-0.3, -0.25) is 0 Å². The predicted molar refractivity (Wildman–Crippen MR) is 160 cm³/mol. The fraction of sp³-hybridized carbons (Fsp3) is 0.312. The third-order valence-electron chi connectivity index (χ3n) is 7.85. The summed E-state index contributed by atoms with van der Waals surface area (Å²) in [6, 6.07) is 13.9. The van der Waals surface area contributed by atoms with Crippen LogP contribution in [0.3, 0.4) is 0 Å². The van der Waals surface area contributed by atoms with Gasteiger partial charge in [0.15, 0.2) is 0 Å². The van der Waals surface area contributed by atoms with Crippen LogP contribution in [0.4, 0.5) is 0 Å². The van der Waals surface area contributed by atoms with Crippen molar-refractivity contribution in [3.8, 4) is 17.0 Å². The lowest BCUT2D eigenvalue weighted by molar-refractivity contribution is 0.0697. The standard InChI is InChI=1S/C32H33N3O3S/c1-18(2)39-31(19(3)33)25-12-10-21-15-24-28(17-26(21)34-25)38-14-13-35-27-16-22(32(36)37)9-11-23(27)29(30(24)35)20-7-5-4-6-8-20/h9-12,15-17,20H,1,4-8,13-14,33H2,2-3H3,(H,36,37)/b31-19-. The topological polar surface area (TPSA) is 90.4 Å². The first kappa shape index (κ1) is 25.6. The fourth-order valence-corrected chi connectivity index (χ4v) is 6.90. The molecule has 2 aromatic heterocycles. The number of ether oxygens (including phenoxy) is 1. The molecule has 1 fully saturated rings. The summed E-state index contributed by atoms with van der Waals surface area (Å²) in [4.78, 5) is 18.7. The number of nitrogens with zero attached hydrogens (tertiary/aromatic N) is 2. The minimum atomic E-state index is -0.907. The Bertz CT molecular complexity index is 1670. The molecule has 2 aromatic carbocycles. The summed E-state index contributed by atoms with van der Waals surface area (Å²) in [5.41, 5.74) is 13.4. The number of nitrogens with two attached hydrogens (primary N) is 1. The van der Waals surface area contributed by atoms with Gasteiger partial charge in [-0.1, -0.05) is 49.7 Å². The minimum Gasteiger partial charge on any atom is -0.491 e. The second kappa shape index (κ2) is 10.1. The van der Waals surface area contributed by atoms with Gasteiger partial charge >= 0.3 is 5.97 Å². The maximum absolute atomic E-state index is 11.9. The molecule has 39 heavy (non-hydrogen) atoms. The molecular weight excluding hydrogens is 506 g/mol. The van der Waals surface area contributed by atoms with Crippen molar-refractivity contribution in [2.45, 2.75) is 58.4 Å². The molecule has 3 heterocycles. The highest BCUT2D eigenvalue weighted by Crippen LogP contribution is 2.48. The van der Waals surface area contributed by atoms with Crippen molar-refractivity contribution in [1.29, 1.82) is 0 Å². The first-order chi connectivity index (χ1) is 18.8. The van der Waals surface area contributed by atoms with Crippen LogP contribution < -0.4 is 10.5 Å². The molecule has 6 nitrogen and oxygen atoms in total. The Morgan fingerprint density at radius 2 is 1.92 bits per heavy atom. The van der Waals surface area contributed by atoms with E-state index in [9.17, 15) is 9.90 Å². The summed E-state index contributed by atoms with van der Waals surface area (Å²) in [7, 11) is 0. The predicted octanol–water partition coefficient (Wildman–Crippen LogP) is 7.91. The van der Waals surface area contributed by atoms with Crippen molar-refractivity contribution in [2.24, 2.45) is 5.73 Å². The average molecular weight is 540 g/mol. The molecule has 4 aromatic rings. The van der Waals surface area contributed by atoms with Crippen molar-refractivity contribution in [2.75, 3.05) is 6.61 Å². The lowest BCUT2D eigenvalue weighted by Gasteiger charge is -2.23. The molecule has 6 rings (SSSR count). The van der Waals surface area contributed by atoms with E-state index in [0.29, 0.717) is 30.3 Å². The normalized spacial score (nSPS) is 16.3. The van der Waals surface area contributed by atoms with Gasteiger partial charge in [0.25, 0.3) is 0 Å². The highest BCUT2D eigenvalue weighted by Gasteiger charge is 2.30. The van der Waals surface area contributed by atoms with Crippen LogP contribution in [0.15, 0.2) is 59.6 Å². The summed E-state index contributed by atoms with van der Waals surface area (Å²) < 4.78 is 8.63. The Hall–Kier alpha value is -3.71. The first-order valence-corrected chi connectivity index (χ1v) is 14.4. The van der Waals surface area contributed by atoms with E-state index >= 15 is 0 Å². The molecule has 0 radical (unpaired) electrons. The Kier molecular flexibility index (Phi) is 6.63. The number of rotatable bonds is 5.